The fourth-order valence-electron chi connectivity index (χ4n) is 4.19. The second kappa shape index (κ2) is 6.72. The number of benzene rings is 2. The maximum atomic E-state index is 14.3. The third-order valence-corrected chi connectivity index (χ3v) is 5.56. The monoisotopic (exact) mass is 354 g/mol. The molecule has 4 rings (SSSR count). The number of piperidine rings is 1. The van der Waals surface area contributed by atoms with Crippen molar-refractivity contribution in [2.75, 3.05) is 18.0 Å². The fourth-order valence-corrected chi connectivity index (χ4v) is 4.19. The maximum Gasteiger partial charge on any atom is 0.244 e. The van der Waals surface area contributed by atoms with Crippen molar-refractivity contribution in [3.05, 3.63) is 58.9 Å². The van der Waals surface area contributed by atoms with Gasteiger partial charge in [-0.3, -0.25) is 9.69 Å². The SMILES string of the molecule is Cc1ccccc1N1CCCC(N2CCc3cc(O)cc(F)c3C2)C1=O. The highest BCUT2D eigenvalue weighted by Crippen LogP contribution is 2.31. The molecular formula is C21H23FN2O2. The molecule has 0 spiro atoms. The summed E-state index contributed by atoms with van der Waals surface area (Å²) in [4.78, 5) is 17.2. The summed E-state index contributed by atoms with van der Waals surface area (Å²) in [7, 11) is 0. The van der Waals surface area contributed by atoms with Crippen LogP contribution < -0.4 is 4.90 Å². The van der Waals surface area contributed by atoms with Crippen molar-refractivity contribution >= 4 is 11.6 Å². The summed E-state index contributed by atoms with van der Waals surface area (Å²) in [5.41, 5.74) is 3.51. The van der Waals surface area contributed by atoms with E-state index in [-0.39, 0.29) is 23.5 Å². The minimum absolute atomic E-state index is 0.0332. The molecule has 26 heavy (non-hydrogen) atoms. The van der Waals surface area contributed by atoms with E-state index in [0.29, 0.717) is 25.1 Å². The lowest BCUT2D eigenvalue weighted by atomic mass is 9.94. The number of halogens is 1. The van der Waals surface area contributed by atoms with Crippen LogP contribution in [-0.4, -0.2) is 35.0 Å². The van der Waals surface area contributed by atoms with Crippen LogP contribution in [0.15, 0.2) is 36.4 Å². The first-order chi connectivity index (χ1) is 12.5. The molecule has 2 aromatic carbocycles. The Labute approximate surface area is 152 Å². The van der Waals surface area contributed by atoms with Gasteiger partial charge in [0.1, 0.15) is 11.6 Å². The molecule has 5 heteroatoms. The quantitative estimate of drug-likeness (QED) is 0.899. The Balaban J connectivity index is 1.58. The van der Waals surface area contributed by atoms with Gasteiger partial charge in [0, 0.05) is 37.0 Å². The lowest BCUT2D eigenvalue weighted by molar-refractivity contribution is -0.125. The van der Waals surface area contributed by atoms with Gasteiger partial charge >= 0.3 is 0 Å². The summed E-state index contributed by atoms with van der Waals surface area (Å²) in [6.45, 7) is 3.87. The number of hydrogen-bond donors (Lipinski definition) is 1. The first-order valence-corrected chi connectivity index (χ1v) is 9.16. The van der Waals surface area contributed by atoms with Crippen LogP contribution in [0, 0.1) is 12.7 Å². The van der Waals surface area contributed by atoms with Gasteiger partial charge in [0.15, 0.2) is 0 Å². The van der Waals surface area contributed by atoms with E-state index in [0.717, 1.165) is 42.3 Å². The molecule has 2 heterocycles. The van der Waals surface area contributed by atoms with Crippen molar-refractivity contribution in [3.8, 4) is 5.75 Å². The second-order valence-corrected chi connectivity index (χ2v) is 7.22. The molecule has 1 N–H and O–H groups in total. The zero-order chi connectivity index (χ0) is 18.3. The average molecular weight is 354 g/mol. The number of carbonyl (C=O) groups excluding carboxylic acids is 1. The number of fused-ring (bicyclic) bond motifs is 1. The number of amides is 1. The molecule has 2 aliphatic rings. The van der Waals surface area contributed by atoms with E-state index in [4.69, 9.17) is 0 Å². The van der Waals surface area contributed by atoms with Gasteiger partial charge in [-0.15, -0.1) is 0 Å². The van der Waals surface area contributed by atoms with Crippen molar-refractivity contribution in [2.24, 2.45) is 0 Å². The normalized spacial score (nSPS) is 20.9. The molecule has 0 saturated carbocycles. The highest BCUT2D eigenvalue weighted by atomic mass is 19.1. The van der Waals surface area contributed by atoms with Crippen molar-refractivity contribution < 1.29 is 14.3 Å². The molecule has 1 atom stereocenters. The zero-order valence-electron chi connectivity index (χ0n) is 14.9. The number of carbonyl (C=O) groups is 1. The van der Waals surface area contributed by atoms with Gasteiger partial charge in [-0.1, -0.05) is 18.2 Å². The van der Waals surface area contributed by atoms with E-state index < -0.39 is 0 Å². The maximum absolute atomic E-state index is 14.3. The van der Waals surface area contributed by atoms with Crippen LogP contribution in [0.1, 0.15) is 29.5 Å². The number of aryl methyl sites for hydroxylation is 1. The standard InChI is InChI=1S/C21H23FN2O2/c1-14-5-2-3-6-19(14)24-9-4-7-20(21(24)26)23-10-8-15-11-16(25)12-18(22)17(15)13-23/h2-3,5-6,11-12,20,25H,4,7-10,13H2,1H3. The number of para-hydroxylation sites is 1. The third-order valence-electron chi connectivity index (χ3n) is 5.56. The predicted molar refractivity (Wildman–Crippen MR) is 98.7 cm³/mol. The predicted octanol–water partition coefficient (Wildman–Crippen LogP) is 3.39. The van der Waals surface area contributed by atoms with Gasteiger partial charge in [0.25, 0.3) is 0 Å². The van der Waals surface area contributed by atoms with Crippen LogP contribution in [0.5, 0.6) is 5.75 Å². The lowest BCUT2D eigenvalue weighted by Gasteiger charge is -2.41. The Morgan fingerprint density at radius 1 is 1.19 bits per heavy atom. The van der Waals surface area contributed by atoms with E-state index in [2.05, 4.69) is 4.90 Å². The third kappa shape index (κ3) is 2.97. The minimum atomic E-state index is -0.385. The van der Waals surface area contributed by atoms with E-state index in [9.17, 15) is 14.3 Å². The zero-order valence-corrected chi connectivity index (χ0v) is 14.9. The summed E-state index contributed by atoms with van der Waals surface area (Å²) >= 11 is 0. The van der Waals surface area contributed by atoms with Gasteiger partial charge < -0.3 is 10.0 Å². The van der Waals surface area contributed by atoms with Crippen LogP contribution >= 0.6 is 0 Å². The Bertz CT molecular complexity index is 852. The Kier molecular flexibility index (Phi) is 4.41. The molecule has 1 unspecified atom stereocenters. The van der Waals surface area contributed by atoms with E-state index >= 15 is 0 Å². The number of aromatic hydroxyl groups is 1. The Morgan fingerprint density at radius 3 is 2.81 bits per heavy atom. The van der Waals surface area contributed by atoms with Gasteiger partial charge in [0.05, 0.1) is 6.04 Å². The lowest BCUT2D eigenvalue weighted by Crippen LogP contribution is -2.53. The summed E-state index contributed by atoms with van der Waals surface area (Å²) < 4.78 is 14.3. The van der Waals surface area contributed by atoms with Crippen molar-refractivity contribution in [1.82, 2.24) is 4.90 Å². The summed E-state index contributed by atoms with van der Waals surface area (Å²) in [5, 5.41) is 9.60. The molecule has 2 aliphatic heterocycles. The van der Waals surface area contributed by atoms with Crippen LogP contribution in [0.2, 0.25) is 0 Å². The van der Waals surface area contributed by atoms with Crippen LogP contribution in [-0.2, 0) is 17.8 Å². The van der Waals surface area contributed by atoms with E-state index in [1.807, 2.05) is 36.1 Å². The van der Waals surface area contributed by atoms with Crippen LogP contribution in [0.3, 0.4) is 0 Å². The molecular weight excluding hydrogens is 331 g/mol. The summed E-state index contributed by atoms with van der Waals surface area (Å²) in [6, 6.07) is 10.5. The number of nitrogens with zero attached hydrogens (tertiary/aromatic N) is 2. The van der Waals surface area contributed by atoms with E-state index in [1.54, 1.807) is 6.07 Å². The number of hydrogen-bond acceptors (Lipinski definition) is 3. The molecule has 1 amide bonds. The molecule has 4 nitrogen and oxygen atoms in total. The molecule has 0 aromatic heterocycles. The second-order valence-electron chi connectivity index (χ2n) is 7.22. The van der Waals surface area contributed by atoms with Gasteiger partial charge in [-0.2, -0.15) is 0 Å². The van der Waals surface area contributed by atoms with Crippen LogP contribution in [0.25, 0.3) is 0 Å². The van der Waals surface area contributed by atoms with Gasteiger partial charge in [-0.25, -0.2) is 4.39 Å². The Hall–Kier alpha value is -2.40. The first kappa shape index (κ1) is 17.0. The van der Waals surface area contributed by atoms with Crippen LogP contribution in [0.4, 0.5) is 10.1 Å². The summed E-state index contributed by atoms with van der Waals surface area (Å²) in [6.07, 6.45) is 2.39. The van der Waals surface area contributed by atoms with Gasteiger partial charge in [0.2, 0.25) is 5.91 Å². The van der Waals surface area contributed by atoms with E-state index in [1.165, 1.54) is 0 Å². The van der Waals surface area contributed by atoms with Crippen molar-refractivity contribution in [2.45, 2.75) is 38.8 Å². The molecule has 0 radical (unpaired) electrons. The number of phenols is 1. The highest BCUT2D eigenvalue weighted by Gasteiger charge is 2.36. The number of phenolic OH excluding ortho intramolecular Hbond substituents is 1. The topological polar surface area (TPSA) is 43.8 Å². The molecule has 2 aromatic rings. The van der Waals surface area contributed by atoms with Crippen molar-refractivity contribution in [1.29, 1.82) is 0 Å². The molecule has 1 fully saturated rings. The van der Waals surface area contributed by atoms with Gasteiger partial charge in [-0.05, 0) is 49.4 Å². The molecule has 1 saturated heterocycles. The minimum Gasteiger partial charge on any atom is -0.508 e. The summed E-state index contributed by atoms with van der Waals surface area (Å²) in [5.74, 6) is -0.314. The molecule has 0 bridgehead atoms. The highest BCUT2D eigenvalue weighted by molar-refractivity contribution is 5.98. The van der Waals surface area contributed by atoms with Crippen molar-refractivity contribution in [3.63, 3.8) is 0 Å². The largest absolute Gasteiger partial charge is 0.508 e. The average Bonchev–Trinajstić information content (AvgIpc) is 2.62. The number of rotatable bonds is 2. The Morgan fingerprint density at radius 2 is 2.00 bits per heavy atom. The number of anilines is 1. The molecule has 0 aliphatic carbocycles. The molecule has 136 valence electrons. The fraction of sp³-hybridized carbons (Fsp3) is 0.381. The smallest absolute Gasteiger partial charge is 0.244 e. The first-order valence-electron chi connectivity index (χ1n) is 9.16.